The molecule has 5 heteroatoms. The van der Waals surface area contributed by atoms with E-state index in [1.54, 1.807) is 18.6 Å². The molecule has 92 valence electrons. The molecule has 0 fully saturated rings. The second-order valence-electron chi connectivity index (χ2n) is 4.07. The minimum Gasteiger partial charge on any atom is -0.376 e. The molecule has 0 aliphatic heterocycles. The third-order valence-corrected chi connectivity index (χ3v) is 2.88. The van der Waals surface area contributed by atoms with E-state index < -0.39 is 0 Å². The lowest BCUT2D eigenvalue weighted by atomic mass is 10.1. The first-order valence-corrected chi connectivity index (χ1v) is 5.88. The molecule has 0 saturated heterocycles. The number of aromatic nitrogens is 3. The molecule has 3 rings (SSSR count). The number of imidazole rings is 1. The number of pyridine rings is 1. The van der Waals surface area contributed by atoms with Crippen molar-refractivity contribution in [1.29, 1.82) is 5.26 Å². The molecular formula is C14H11N5. The number of benzene rings is 1. The summed E-state index contributed by atoms with van der Waals surface area (Å²) in [6, 6.07) is 9.90. The standard InChI is InChI=1S/C14H11N5/c15-7-10-8-18-12-4-2-1-3-11(12)14(10)19-9-13-16-5-6-17-13/h1-6,8H,9H2,(H,16,17)(H,18,19). The predicted octanol–water partition coefficient (Wildman–Crippen LogP) is 2.44. The highest BCUT2D eigenvalue weighted by Crippen LogP contribution is 2.25. The molecule has 2 N–H and O–H groups in total. The summed E-state index contributed by atoms with van der Waals surface area (Å²) in [6.07, 6.45) is 5.06. The third-order valence-electron chi connectivity index (χ3n) is 2.88. The Hall–Kier alpha value is -2.87. The number of nitrogens with zero attached hydrogens (tertiary/aromatic N) is 3. The van der Waals surface area contributed by atoms with Gasteiger partial charge in [0.2, 0.25) is 0 Å². The molecule has 0 radical (unpaired) electrons. The number of rotatable bonds is 3. The van der Waals surface area contributed by atoms with Gasteiger partial charge in [0, 0.05) is 24.0 Å². The molecule has 0 bridgehead atoms. The second kappa shape index (κ2) is 4.78. The number of H-pyrrole nitrogens is 1. The Morgan fingerprint density at radius 2 is 2.16 bits per heavy atom. The molecule has 0 unspecified atom stereocenters. The highest BCUT2D eigenvalue weighted by Gasteiger charge is 2.08. The molecule has 0 atom stereocenters. The van der Waals surface area contributed by atoms with Gasteiger partial charge in [0.1, 0.15) is 11.9 Å². The Morgan fingerprint density at radius 1 is 1.26 bits per heavy atom. The SMILES string of the molecule is N#Cc1cnc2ccccc2c1NCc1ncc[nH]1. The Kier molecular flexibility index (Phi) is 2.83. The highest BCUT2D eigenvalue weighted by molar-refractivity contribution is 5.93. The van der Waals surface area contributed by atoms with E-state index >= 15 is 0 Å². The smallest absolute Gasteiger partial charge is 0.125 e. The zero-order chi connectivity index (χ0) is 13.1. The lowest BCUT2D eigenvalue weighted by Crippen LogP contribution is -2.04. The summed E-state index contributed by atoms with van der Waals surface area (Å²) in [5.41, 5.74) is 2.19. The van der Waals surface area contributed by atoms with Crippen molar-refractivity contribution in [2.75, 3.05) is 5.32 Å². The van der Waals surface area contributed by atoms with Crippen molar-refractivity contribution in [3.8, 4) is 6.07 Å². The molecule has 19 heavy (non-hydrogen) atoms. The van der Waals surface area contributed by atoms with E-state index in [1.165, 1.54) is 0 Å². The number of nitrogens with one attached hydrogen (secondary N) is 2. The van der Waals surface area contributed by atoms with Gasteiger partial charge in [0.25, 0.3) is 0 Å². The first-order valence-electron chi connectivity index (χ1n) is 5.88. The lowest BCUT2D eigenvalue weighted by Gasteiger charge is -2.10. The summed E-state index contributed by atoms with van der Waals surface area (Å²) in [6.45, 7) is 0.537. The largest absolute Gasteiger partial charge is 0.376 e. The van der Waals surface area contributed by atoms with E-state index in [9.17, 15) is 5.26 Å². The monoisotopic (exact) mass is 249 g/mol. The maximum absolute atomic E-state index is 9.18. The Balaban J connectivity index is 2.02. The first kappa shape index (κ1) is 11.2. The van der Waals surface area contributed by atoms with Gasteiger partial charge < -0.3 is 10.3 Å². The van der Waals surface area contributed by atoms with Gasteiger partial charge in [-0.1, -0.05) is 18.2 Å². The fourth-order valence-electron chi connectivity index (χ4n) is 1.98. The van der Waals surface area contributed by atoms with Gasteiger partial charge in [-0.3, -0.25) is 4.98 Å². The zero-order valence-corrected chi connectivity index (χ0v) is 10.1. The van der Waals surface area contributed by atoms with E-state index in [-0.39, 0.29) is 0 Å². The zero-order valence-electron chi connectivity index (χ0n) is 10.1. The van der Waals surface area contributed by atoms with Crippen molar-refractivity contribution in [2.45, 2.75) is 6.54 Å². The Bertz CT molecular complexity index is 740. The Labute approximate surface area is 109 Å². The quantitative estimate of drug-likeness (QED) is 0.747. The fourth-order valence-corrected chi connectivity index (χ4v) is 1.98. The second-order valence-corrected chi connectivity index (χ2v) is 4.07. The van der Waals surface area contributed by atoms with Gasteiger partial charge in [0.05, 0.1) is 23.3 Å². The third kappa shape index (κ3) is 2.11. The minimum atomic E-state index is 0.533. The van der Waals surface area contributed by atoms with Gasteiger partial charge in [-0.2, -0.15) is 5.26 Å². The van der Waals surface area contributed by atoms with Crippen molar-refractivity contribution in [2.24, 2.45) is 0 Å². The van der Waals surface area contributed by atoms with Crippen LogP contribution in [-0.2, 0) is 6.54 Å². The van der Waals surface area contributed by atoms with Crippen LogP contribution in [0.1, 0.15) is 11.4 Å². The normalized spacial score (nSPS) is 10.3. The van der Waals surface area contributed by atoms with Crippen molar-refractivity contribution >= 4 is 16.6 Å². The van der Waals surface area contributed by atoms with Crippen LogP contribution in [0, 0.1) is 11.3 Å². The summed E-state index contributed by atoms with van der Waals surface area (Å²) in [5.74, 6) is 0.824. The number of hydrogen-bond acceptors (Lipinski definition) is 4. The van der Waals surface area contributed by atoms with Crippen LogP contribution in [0.15, 0.2) is 42.9 Å². The number of hydrogen-bond donors (Lipinski definition) is 2. The van der Waals surface area contributed by atoms with Crippen LogP contribution >= 0.6 is 0 Å². The van der Waals surface area contributed by atoms with Gasteiger partial charge in [-0.25, -0.2) is 4.98 Å². The average Bonchev–Trinajstić information content (AvgIpc) is 2.97. The lowest BCUT2D eigenvalue weighted by molar-refractivity contribution is 1.00. The molecule has 3 aromatic rings. The van der Waals surface area contributed by atoms with Crippen LogP contribution in [0.25, 0.3) is 10.9 Å². The van der Waals surface area contributed by atoms with Gasteiger partial charge >= 0.3 is 0 Å². The van der Waals surface area contributed by atoms with Crippen molar-refractivity contribution in [1.82, 2.24) is 15.0 Å². The van der Waals surface area contributed by atoms with Crippen molar-refractivity contribution in [3.05, 3.63) is 54.2 Å². The summed E-state index contributed by atoms with van der Waals surface area (Å²) in [4.78, 5) is 11.4. The van der Waals surface area contributed by atoms with Gasteiger partial charge in [0.15, 0.2) is 0 Å². The van der Waals surface area contributed by atoms with E-state index in [0.717, 1.165) is 22.4 Å². The average molecular weight is 249 g/mol. The molecule has 2 heterocycles. The molecule has 0 spiro atoms. The molecule has 0 amide bonds. The number of fused-ring (bicyclic) bond motifs is 1. The summed E-state index contributed by atoms with van der Waals surface area (Å²) in [7, 11) is 0. The van der Waals surface area contributed by atoms with Crippen molar-refractivity contribution < 1.29 is 0 Å². The number of nitriles is 1. The van der Waals surface area contributed by atoms with E-state index in [0.29, 0.717) is 12.1 Å². The van der Waals surface area contributed by atoms with E-state index in [4.69, 9.17) is 0 Å². The van der Waals surface area contributed by atoms with Crippen molar-refractivity contribution in [3.63, 3.8) is 0 Å². The fraction of sp³-hybridized carbons (Fsp3) is 0.0714. The summed E-state index contributed by atoms with van der Waals surface area (Å²) < 4.78 is 0. The summed E-state index contributed by atoms with van der Waals surface area (Å²) >= 11 is 0. The minimum absolute atomic E-state index is 0.533. The van der Waals surface area contributed by atoms with E-state index in [1.807, 2.05) is 24.3 Å². The van der Waals surface area contributed by atoms with Crippen LogP contribution in [0.2, 0.25) is 0 Å². The highest BCUT2D eigenvalue weighted by atomic mass is 15.0. The first-order chi connectivity index (χ1) is 9.38. The number of para-hydroxylation sites is 1. The molecule has 5 nitrogen and oxygen atoms in total. The predicted molar refractivity (Wildman–Crippen MR) is 72.4 cm³/mol. The molecule has 0 saturated carbocycles. The topological polar surface area (TPSA) is 77.4 Å². The maximum Gasteiger partial charge on any atom is 0.125 e. The van der Waals surface area contributed by atoms with Crippen LogP contribution in [0.5, 0.6) is 0 Å². The van der Waals surface area contributed by atoms with Crippen LogP contribution in [0.4, 0.5) is 5.69 Å². The Morgan fingerprint density at radius 3 is 2.95 bits per heavy atom. The van der Waals surface area contributed by atoms with Gasteiger partial charge in [-0.15, -0.1) is 0 Å². The van der Waals surface area contributed by atoms with E-state index in [2.05, 4.69) is 26.3 Å². The maximum atomic E-state index is 9.18. The number of anilines is 1. The van der Waals surface area contributed by atoms with Crippen LogP contribution in [-0.4, -0.2) is 15.0 Å². The molecular weight excluding hydrogens is 238 g/mol. The van der Waals surface area contributed by atoms with Crippen LogP contribution < -0.4 is 5.32 Å². The van der Waals surface area contributed by atoms with Gasteiger partial charge in [-0.05, 0) is 6.07 Å². The summed E-state index contributed by atoms with van der Waals surface area (Å²) in [5, 5.41) is 13.4. The number of aromatic amines is 1. The molecule has 1 aromatic carbocycles. The molecule has 0 aliphatic carbocycles. The molecule has 0 aliphatic rings. The molecule has 2 aromatic heterocycles. The van der Waals surface area contributed by atoms with Crippen LogP contribution in [0.3, 0.4) is 0 Å².